The van der Waals surface area contributed by atoms with Crippen LogP contribution in [0.5, 0.6) is 0 Å². The Labute approximate surface area is 156 Å². The molecule has 1 aliphatic carbocycles. The van der Waals surface area contributed by atoms with Gasteiger partial charge < -0.3 is 14.4 Å². The van der Waals surface area contributed by atoms with Crippen molar-refractivity contribution < 1.29 is 9.47 Å². The number of rotatable bonds is 2. The fourth-order valence-electron chi connectivity index (χ4n) is 4.73. The number of benzene rings is 1. The zero-order chi connectivity index (χ0) is 16.9. The van der Waals surface area contributed by atoms with Crippen LogP contribution < -0.4 is 4.90 Å². The van der Waals surface area contributed by atoms with Crippen LogP contribution >= 0.6 is 15.9 Å². The van der Waals surface area contributed by atoms with Gasteiger partial charge >= 0.3 is 0 Å². The topological polar surface area (TPSA) is 34.6 Å². The largest absolute Gasteiger partial charge is 0.370 e. The first-order valence-corrected chi connectivity index (χ1v) is 10.1. The van der Waals surface area contributed by atoms with E-state index < -0.39 is 0 Å². The number of halogens is 1. The van der Waals surface area contributed by atoms with E-state index in [9.17, 15) is 0 Å². The summed E-state index contributed by atoms with van der Waals surface area (Å²) < 4.78 is 12.9. The number of pyridine rings is 1. The fraction of sp³-hybridized carbons (Fsp3) is 0.550. The molecule has 0 bridgehead atoms. The Morgan fingerprint density at radius 1 is 1.16 bits per heavy atom. The molecule has 1 saturated carbocycles. The molecule has 2 aliphatic heterocycles. The summed E-state index contributed by atoms with van der Waals surface area (Å²) >= 11 is 3.68. The molecule has 25 heavy (non-hydrogen) atoms. The van der Waals surface area contributed by atoms with E-state index in [4.69, 9.17) is 9.47 Å². The first-order valence-electron chi connectivity index (χ1n) is 9.32. The SMILES string of the molecule is Brc1ccc2c3c(cncc13)CCN2CC1CCC2(CC1)OCCO2. The number of aromatic nitrogens is 1. The summed E-state index contributed by atoms with van der Waals surface area (Å²) in [5.74, 6) is 0.474. The highest BCUT2D eigenvalue weighted by Crippen LogP contribution is 2.41. The van der Waals surface area contributed by atoms with Crippen molar-refractivity contribution in [1.82, 2.24) is 4.98 Å². The van der Waals surface area contributed by atoms with Crippen molar-refractivity contribution in [2.24, 2.45) is 5.92 Å². The zero-order valence-electron chi connectivity index (χ0n) is 14.3. The average Bonchev–Trinajstić information content (AvgIpc) is 3.10. The highest BCUT2D eigenvalue weighted by Gasteiger charge is 2.40. The van der Waals surface area contributed by atoms with Crippen molar-refractivity contribution in [3.8, 4) is 0 Å². The molecule has 1 aromatic heterocycles. The number of nitrogens with zero attached hydrogens (tertiary/aromatic N) is 2. The van der Waals surface area contributed by atoms with Crippen molar-refractivity contribution in [2.75, 3.05) is 31.2 Å². The molecule has 0 radical (unpaired) electrons. The summed E-state index contributed by atoms with van der Waals surface area (Å²) in [4.78, 5) is 7.01. The first-order chi connectivity index (χ1) is 12.2. The maximum Gasteiger partial charge on any atom is 0.168 e. The molecule has 3 heterocycles. The summed E-state index contributed by atoms with van der Waals surface area (Å²) in [7, 11) is 0. The number of anilines is 1. The molecule has 5 heteroatoms. The van der Waals surface area contributed by atoms with Crippen LogP contribution in [-0.4, -0.2) is 37.1 Å². The molecule has 0 unspecified atom stereocenters. The standard InChI is InChI=1S/C20H23BrN2O2/c21-17-1-2-18-19-15(11-22-12-16(17)19)5-8-23(18)13-14-3-6-20(7-4-14)24-9-10-25-20/h1-2,11-12,14H,3-10,13H2. The Hall–Kier alpha value is -1.17. The molecule has 0 N–H and O–H groups in total. The van der Waals surface area contributed by atoms with Crippen molar-refractivity contribution in [2.45, 2.75) is 37.9 Å². The minimum atomic E-state index is -0.248. The van der Waals surface area contributed by atoms with E-state index in [0.717, 1.165) is 56.0 Å². The highest BCUT2D eigenvalue weighted by atomic mass is 79.9. The molecule has 3 aliphatic rings. The minimum Gasteiger partial charge on any atom is -0.370 e. The lowest BCUT2D eigenvalue weighted by molar-refractivity contribution is -0.182. The number of hydrogen-bond donors (Lipinski definition) is 0. The molecule has 4 nitrogen and oxygen atoms in total. The summed E-state index contributed by atoms with van der Waals surface area (Å²) in [6, 6.07) is 4.43. The molecule has 0 atom stereocenters. The van der Waals surface area contributed by atoms with Gasteiger partial charge in [0.2, 0.25) is 0 Å². The Bertz CT molecular complexity index is 794. The zero-order valence-corrected chi connectivity index (χ0v) is 15.9. The van der Waals surface area contributed by atoms with Gasteiger partial charge in [-0.05, 0) is 42.9 Å². The van der Waals surface area contributed by atoms with Gasteiger partial charge in [-0.1, -0.05) is 15.9 Å². The fourth-order valence-corrected chi connectivity index (χ4v) is 5.16. The average molecular weight is 403 g/mol. The van der Waals surface area contributed by atoms with Crippen LogP contribution in [0.25, 0.3) is 10.8 Å². The van der Waals surface area contributed by atoms with Gasteiger partial charge in [0.1, 0.15) is 0 Å². The smallest absolute Gasteiger partial charge is 0.168 e. The van der Waals surface area contributed by atoms with Gasteiger partial charge in [-0.3, -0.25) is 4.98 Å². The van der Waals surface area contributed by atoms with E-state index >= 15 is 0 Å². The van der Waals surface area contributed by atoms with Gasteiger partial charge in [-0.25, -0.2) is 0 Å². The van der Waals surface area contributed by atoms with Gasteiger partial charge in [0.25, 0.3) is 0 Å². The molecule has 2 aromatic rings. The minimum absolute atomic E-state index is 0.248. The second-order valence-electron chi connectivity index (χ2n) is 7.53. The third kappa shape index (κ3) is 2.77. The summed E-state index contributed by atoms with van der Waals surface area (Å²) in [6.07, 6.45) is 9.57. The molecule has 1 spiro atoms. The predicted octanol–water partition coefficient (Wildman–Crippen LogP) is 4.29. The maximum atomic E-state index is 5.88. The van der Waals surface area contributed by atoms with E-state index in [1.165, 1.54) is 34.9 Å². The van der Waals surface area contributed by atoms with Gasteiger partial charge in [0.15, 0.2) is 5.79 Å². The molecule has 1 aromatic carbocycles. The molecule has 5 rings (SSSR count). The Morgan fingerprint density at radius 2 is 1.96 bits per heavy atom. The molecule has 132 valence electrons. The predicted molar refractivity (Wildman–Crippen MR) is 102 cm³/mol. The van der Waals surface area contributed by atoms with Crippen molar-refractivity contribution in [3.63, 3.8) is 0 Å². The summed E-state index contributed by atoms with van der Waals surface area (Å²) in [6.45, 7) is 3.75. The van der Waals surface area contributed by atoms with Crippen LogP contribution in [0, 0.1) is 5.92 Å². The van der Waals surface area contributed by atoms with E-state index in [0.29, 0.717) is 0 Å². The number of hydrogen-bond acceptors (Lipinski definition) is 4. The Kier molecular flexibility index (Phi) is 3.99. The third-order valence-corrected chi connectivity index (χ3v) is 6.77. The third-order valence-electron chi connectivity index (χ3n) is 6.08. The van der Waals surface area contributed by atoms with Gasteiger partial charge in [0.05, 0.1) is 13.2 Å². The molecule has 2 fully saturated rings. The lowest BCUT2D eigenvalue weighted by Crippen LogP contribution is -2.40. The highest BCUT2D eigenvalue weighted by molar-refractivity contribution is 9.10. The lowest BCUT2D eigenvalue weighted by Gasteiger charge is -2.39. The van der Waals surface area contributed by atoms with Crippen molar-refractivity contribution in [3.05, 3.63) is 34.6 Å². The molecule has 0 amide bonds. The molecular weight excluding hydrogens is 380 g/mol. The quantitative estimate of drug-likeness (QED) is 0.749. The monoisotopic (exact) mass is 402 g/mol. The summed E-state index contributed by atoms with van der Waals surface area (Å²) in [5.41, 5.74) is 2.75. The lowest BCUT2D eigenvalue weighted by atomic mass is 9.84. The van der Waals surface area contributed by atoms with Crippen LogP contribution in [0.15, 0.2) is 29.0 Å². The first kappa shape index (κ1) is 16.0. The van der Waals surface area contributed by atoms with E-state index in [1.807, 2.05) is 12.4 Å². The summed E-state index contributed by atoms with van der Waals surface area (Å²) in [5, 5.41) is 2.61. The number of ether oxygens (including phenoxy) is 2. The van der Waals surface area contributed by atoms with Gasteiger partial charge in [0, 0.05) is 59.3 Å². The second kappa shape index (κ2) is 6.22. The van der Waals surface area contributed by atoms with Gasteiger partial charge in [-0.15, -0.1) is 0 Å². The second-order valence-corrected chi connectivity index (χ2v) is 8.39. The Morgan fingerprint density at radius 3 is 2.76 bits per heavy atom. The molecule has 1 saturated heterocycles. The van der Waals surface area contributed by atoms with Gasteiger partial charge in [-0.2, -0.15) is 0 Å². The van der Waals surface area contributed by atoms with Crippen LogP contribution in [0.2, 0.25) is 0 Å². The van der Waals surface area contributed by atoms with Crippen LogP contribution in [0.3, 0.4) is 0 Å². The van der Waals surface area contributed by atoms with Crippen molar-refractivity contribution in [1.29, 1.82) is 0 Å². The van der Waals surface area contributed by atoms with Crippen LogP contribution in [0.1, 0.15) is 31.2 Å². The van der Waals surface area contributed by atoms with E-state index in [1.54, 1.807) is 0 Å². The van der Waals surface area contributed by atoms with Crippen molar-refractivity contribution >= 4 is 32.4 Å². The normalized spacial score (nSPS) is 22.8. The Balaban J connectivity index is 1.37. The maximum absolute atomic E-state index is 5.88. The van der Waals surface area contributed by atoms with E-state index in [2.05, 4.69) is 37.9 Å². The molecular formula is C20H23BrN2O2. The van der Waals surface area contributed by atoms with Crippen LogP contribution in [-0.2, 0) is 15.9 Å². The van der Waals surface area contributed by atoms with E-state index in [-0.39, 0.29) is 5.79 Å². The van der Waals surface area contributed by atoms with Crippen LogP contribution in [0.4, 0.5) is 5.69 Å².